The minimum Gasteiger partial charge on any atom is -0.307 e. The summed E-state index contributed by atoms with van der Waals surface area (Å²) >= 11 is 2.37. The number of rotatable bonds is 3. The molecule has 1 saturated carbocycles. The smallest absolute Gasteiger partial charge is 0.0294 e. The Kier molecular flexibility index (Phi) is 5.52. The summed E-state index contributed by atoms with van der Waals surface area (Å²) in [4.78, 5) is 0. The van der Waals surface area contributed by atoms with E-state index in [1.807, 2.05) is 0 Å². The molecule has 1 aromatic rings. The largest absolute Gasteiger partial charge is 0.307 e. The van der Waals surface area contributed by atoms with Crippen molar-refractivity contribution >= 4 is 22.6 Å². The van der Waals surface area contributed by atoms with Gasteiger partial charge >= 0.3 is 0 Å². The monoisotopic (exact) mass is 385 g/mol. The van der Waals surface area contributed by atoms with Gasteiger partial charge in [-0.3, -0.25) is 0 Å². The highest BCUT2D eigenvalue weighted by Gasteiger charge is 2.34. The van der Waals surface area contributed by atoms with Gasteiger partial charge in [0.2, 0.25) is 0 Å². The maximum absolute atomic E-state index is 3.91. The quantitative estimate of drug-likeness (QED) is 0.673. The van der Waals surface area contributed by atoms with Crippen molar-refractivity contribution in [2.75, 3.05) is 0 Å². The van der Waals surface area contributed by atoms with Gasteiger partial charge in [-0.05, 0) is 71.4 Å². The Bertz CT molecular complexity index is 418. The zero-order chi connectivity index (χ0) is 14.8. The second-order valence-corrected chi connectivity index (χ2v) is 8.55. The highest BCUT2D eigenvalue weighted by Crippen LogP contribution is 2.38. The maximum Gasteiger partial charge on any atom is 0.0294 e. The van der Waals surface area contributed by atoms with Crippen LogP contribution in [0.5, 0.6) is 0 Å². The molecule has 0 aromatic heterocycles. The van der Waals surface area contributed by atoms with E-state index in [9.17, 15) is 0 Å². The molecule has 2 heteroatoms. The van der Waals surface area contributed by atoms with Crippen LogP contribution < -0.4 is 5.32 Å². The fourth-order valence-corrected chi connectivity index (χ4v) is 3.90. The van der Waals surface area contributed by atoms with Crippen molar-refractivity contribution in [2.24, 2.45) is 11.3 Å². The van der Waals surface area contributed by atoms with E-state index in [2.05, 4.69) is 79.9 Å². The predicted molar refractivity (Wildman–Crippen MR) is 95.9 cm³/mol. The van der Waals surface area contributed by atoms with Crippen LogP contribution in [0.25, 0.3) is 0 Å². The molecular formula is C18H28IN. The van der Waals surface area contributed by atoms with Crippen molar-refractivity contribution in [2.45, 2.75) is 65.5 Å². The van der Waals surface area contributed by atoms with E-state index in [-0.39, 0.29) is 0 Å². The normalized spacial score (nSPS) is 25.4. The molecule has 0 bridgehead atoms. The first kappa shape index (κ1) is 16.3. The predicted octanol–water partition coefficient (Wildman–Crippen LogP) is 5.55. The van der Waals surface area contributed by atoms with Crippen LogP contribution in [0.1, 0.15) is 65.0 Å². The van der Waals surface area contributed by atoms with Crippen LogP contribution in [0.4, 0.5) is 0 Å². The molecule has 0 spiro atoms. The van der Waals surface area contributed by atoms with Gasteiger partial charge in [0.25, 0.3) is 0 Å². The van der Waals surface area contributed by atoms with Crippen molar-refractivity contribution in [3.63, 3.8) is 0 Å². The van der Waals surface area contributed by atoms with E-state index in [1.165, 1.54) is 34.8 Å². The first-order valence-corrected chi connectivity index (χ1v) is 8.97. The summed E-state index contributed by atoms with van der Waals surface area (Å²) in [5, 5.41) is 3.91. The molecule has 2 rings (SSSR count). The summed E-state index contributed by atoms with van der Waals surface area (Å²) in [5.74, 6) is 0.794. The Hall–Kier alpha value is -0.0900. The van der Waals surface area contributed by atoms with Gasteiger partial charge in [-0.25, -0.2) is 0 Å². The van der Waals surface area contributed by atoms with E-state index in [0.29, 0.717) is 17.5 Å². The third kappa shape index (κ3) is 4.20. The van der Waals surface area contributed by atoms with Gasteiger partial charge in [0.15, 0.2) is 0 Å². The Morgan fingerprint density at radius 1 is 1.10 bits per heavy atom. The molecule has 20 heavy (non-hydrogen) atoms. The lowest BCUT2D eigenvalue weighted by atomic mass is 9.69. The molecule has 0 saturated heterocycles. The Labute approximate surface area is 138 Å². The summed E-state index contributed by atoms with van der Waals surface area (Å²) in [7, 11) is 0. The third-order valence-electron chi connectivity index (χ3n) is 4.71. The van der Waals surface area contributed by atoms with Gasteiger partial charge in [-0.2, -0.15) is 0 Å². The summed E-state index contributed by atoms with van der Waals surface area (Å²) in [6, 6.07) is 10.0. The summed E-state index contributed by atoms with van der Waals surface area (Å²) in [6.07, 6.45) is 5.49. The van der Waals surface area contributed by atoms with Gasteiger partial charge in [0, 0.05) is 15.7 Å². The van der Waals surface area contributed by atoms with Crippen LogP contribution >= 0.6 is 22.6 Å². The molecule has 1 N–H and O–H groups in total. The van der Waals surface area contributed by atoms with Gasteiger partial charge < -0.3 is 5.32 Å². The Morgan fingerprint density at radius 2 is 1.70 bits per heavy atom. The van der Waals surface area contributed by atoms with E-state index in [0.717, 1.165) is 5.92 Å². The highest BCUT2D eigenvalue weighted by atomic mass is 127. The minimum atomic E-state index is 0.407. The summed E-state index contributed by atoms with van der Waals surface area (Å²) < 4.78 is 1.31. The van der Waals surface area contributed by atoms with Crippen LogP contribution in [0, 0.1) is 14.9 Å². The van der Waals surface area contributed by atoms with Crippen LogP contribution in [0.15, 0.2) is 24.3 Å². The van der Waals surface area contributed by atoms with Crippen molar-refractivity contribution < 1.29 is 0 Å². The molecule has 0 heterocycles. The third-order valence-corrected chi connectivity index (χ3v) is 5.43. The van der Waals surface area contributed by atoms with Crippen molar-refractivity contribution in [1.82, 2.24) is 5.32 Å². The van der Waals surface area contributed by atoms with E-state index >= 15 is 0 Å². The Balaban J connectivity index is 2.05. The standard InChI is InChI=1S/C18H28IN/c1-13(14-9-11-15(19)12-10-14)20-17-8-6-5-7-16(17)18(2,3)4/h9-13,16-17,20H,5-8H2,1-4H3. The van der Waals surface area contributed by atoms with Crippen molar-refractivity contribution in [3.8, 4) is 0 Å². The molecule has 0 amide bonds. The maximum atomic E-state index is 3.91. The average molecular weight is 385 g/mol. The Morgan fingerprint density at radius 3 is 2.30 bits per heavy atom. The fraction of sp³-hybridized carbons (Fsp3) is 0.667. The molecule has 1 aromatic carbocycles. The second kappa shape index (κ2) is 6.78. The molecular weight excluding hydrogens is 357 g/mol. The number of hydrogen-bond acceptors (Lipinski definition) is 1. The van der Waals surface area contributed by atoms with Crippen molar-refractivity contribution in [3.05, 3.63) is 33.4 Å². The molecule has 3 atom stereocenters. The summed E-state index contributed by atoms with van der Waals surface area (Å²) in [5.41, 5.74) is 1.81. The number of hydrogen-bond donors (Lipinski definition) is 1. The first-order valence-electron chi connectivity index (χ1n) is 7.89. The molecule has 112 valence electrons. The van der Waals surface area contributed by atoms with Crippen molar-refractivity contribution in [1.29, 1.82) is 0 Å². The minimum absolute atomic E-state index is 0.407. The number of benzene rings is 1. The summed E-state index contributed by atoms with van der Waals surface area (Å²) in [6.45, 7) is 9.49. The number of nitrogens with one attached hydrogen (secondary N) is 1. The molecule has 3 unspecified atom stereocenters. The van der Waals surface area contributed by atoms with E-state index in [4.69, 9.17) is 0 Å². The molecule has 0 aliphatic heterocycles. The van der Waals surface area contributed by atoms with E-state index < -0.39 is 0 Å². The van der Waals surface area contributed by atoms with Crippen LogP contribution in [0.2, 0.25) is 0 Å². The van der Waals surface area contributed by atoms with Crippen LogP contribution in [0.3, 0.4) is 0 Å². The van der Waals surface area contributed by atoms with E-state index in [1.54, 1.807) is 0 Å². The zero-order valence-electron chi connectivity index (χ0n) is 13.2. The second-order valence-electron chi connectivity index (χ2n) is 7.30. The average Bonchev–Trinajstić information content (AvgIpc) is 2.38. The topological polar surface area (TPSA) is 12.0 Å². The van der Waals surface area contributed by atoms with Crippen LogP contribution in [-0.4, -0.2) is 6.04 Å². The van der Waals surface area contributed by atoms with Gasteiger partial charge in [0.05, 0.1) is 0 Å². The molecule has 0 radical (unpaired) electrons. The lowest BCUT2D eigenvalue weighted by Crippen LogP contribution is -2.45. The zero-order valence-corrected chi connectivity index (χ0v) is 15.4. The van der Waals surface area contributed by atoms with Crippen LogP contribution in [-0.2, 0) is 0 Å². The SMILES string of the molecule is CC(NC1CCCCC1C(C)(C)C)c1ccc(I)cc1. The fourth-order valence-electron chi connectivity index (χ4n) is 3.54. The molecule has 1 nitrogen and oxygen atoms in total. The molecule has 1 fully saturated rings. The molecule has 1 aliphatic rings. The van der Waals surface area contributed by atoms with Gasteiger partial charge in [-0.15, -0.1) is 0 Å². The van der Waals surface area contributed by atoms with Gasteiger partial charge in [-0.1, -0.05) is 45.7 Å². The van der Waals surface area contributed by atoms with Gasteiger partial charge in [0.1, 0.15) is 0 Å². The lowest BCUT2D eigenvalue weighted by molar-refractivity contribution is 0.124. The highest BCUT2D eigenvalue weighted by molar-refractivity contribution is 14.1. The first-order chi connectivity index (χ1) is 9.38. The lowest BCUT2D eigenvalue weighted by Gasteiger charge is -2.42. The number of halogens is 1. The molecule has 1 aliphatic carbocycles.